The highest BCUT2D eigenvalue weighted by Crippen LogP contribution is 2.58. The van der Waals surface area contributed by atoms with Crippen molar-refractivity contribution in [2.75, 3.05) is 5.75 Å². The summed E-state index contributed by atoms with van der Waals surface area (Å²) in [6.07, 6.45) is 7.70. The first-order chi connectivity index (χ1) is 15.5. The van der Waals surface area contributed by atoms with E-state index in [1.807, 2.05) is 18.1 Å². The lowest BCUT2D eigenvalue weighted by Gasteiger charge is -2.53. The molecule has 32 heavy (non-hydrogen) atoms. The molecule has 1 saturated carbocycles. The molecule has 0 saturated heterocycles. The average molecular weight is 443 g/mol. The van der Waals surface area contributed by atoms with E-state index in [1.165, 1.54) is 27.3 Å². The predicted octanol–water partition coefficient (Wildman–Crippen LogP) is 6.39. The largest absolute Gasteiger partial charge is 0.389 e. The lowest BCUT2D eigenvalue weighted by Crippen LogP contribution is -2.53. The van der Waals surface area contributed by atoms with Gasteiger partial charge in [-0.25, -0.2) is 4.98 Å². The Labute approximate surface area is 194 Å². The summed E-state index contributed by atoms with van der Waals surface area (Å²) < 4.78 is 2.32. The smallest absolute Gasteiger partial charge is 0.0958 e. The van der Waals surface area contributed by atoms with Gasteiger partial charge in [-0.2, -0.15) is 0 Å². The van der Waals surface area contributed by atoms with Gasteiger partial charge in [-0.1, -0.05) is 61.0 Å². The molecule has 3 unspecified atom stereocenters. The molecule has 3 aliphatic rings. The zero-order valence-corrected chi connectivity index (χ0v) is 19.6. The molecular weight excluding hydrogens is 412 g/mol. The molecule has 6 rings (SSSR count). The minimum Gasteiger partial charge on any atom is -0.389 e. The van der Waals surface area contributed by atoms with Crippen molar-refractivity contribution in [3.05, 3.63) is 77.8 Å². The third-order valence-electron chi connectivity index (χ3n) is 8.29. The van der Waals surface area contributed by atoms with Crippen LogP contribution in [0.25, 0.3) is 17.3 Å². The zero-order valence-electron chi connectivity index (χ0n) is 18.8. The molecule has 3 heterocycles. The van der Waals surface area contributed by atoms with Crippen LogP contribution in [0.1, 0.15) is 50.3 Å². The van der Waals surface area contributed by atoms with E-state index in [-0.39, 0.29) is 17.3 Å². The lowest BCUT2D eigenvalue weighted by atomic mass is 9.55. The van der Waals surface area contributed by atoms with Gasteiger partial charge in [-0.3, -0.25) is 0 Å². The van der Waals surface area contributed by atoms with E-state index in [1.54, 1.807) is 0 Å². The van der Waals surface area contributed by atoms with Gasteiger partial charge in [0, 0.05) is 34.1 Å². The highest BCUT2D eigenvalue weighted by atomic mass is 32.2. The number of aromatic nitrogens is 2. The van der Waals surface area contributed by atoms with E-state index in [0.29, 0.717) is 0 Å². The number of thioether (sulfide) groups is 1. The van der Waals surface area contributed by atoms with Crippen molar-refractivity contribution in [2.45, 2.75) is 56.1 Å². The second kappa shape index (κ2) is 7.36. The van der Waals surface area contributed by atoms with Gasteiger partial charge in [0.05, 0.1) is 23.3 Å². The van der Waals surface area contributed by atoms with E-state index in [2.05, 4.69) is 79.1 Å². The van der Waals surface area contributed by atoms with E-state index < -0.39 is 5.60 Å². The first-order valence-electron chi connectivity index (χ1n) is 11.7. The molecule has 2 aliphatic heterocycles. The Hall–Kier alpha value is -2.30. The van der Waals surface area contributed by atoms with Crippen molar-refractivity contribution in [2.24, 2.45) is 11.3 Å². The molecule has 3 aromatic rings. The molecule has 1 aromatic heterocycles. The molecule has 164 valence electrons. The fraction of sp³-hybridized carbons (Fsp3) is 0.393. The molecule has 4 atom stereocenters. The van der Waals surface area contributed by atoms with Crippen molar-refractivity contribution in [1.29, 1.82) is 0 Å². The van der Waals surface area contributed by atoms with Crippen LogP contribution in [0.2, 0.25) is 0 Å². The standard InChI is InChI=1S/C28H30N2OS/c1-27-17-30-18-29-26(19-9-4-3-5-10-19)23(30)15-20(27)11-8-14-25(27)28(2,31)22-16-32-24-13-7-6-12-21(22)24/h3-7,9-10,12-13,15,18,22,25,31H,8,11,14,16-17H2,1-2H3/t22?,25?,27?,28-/m1/s1. The zero-order chi connectivity index (χ0) is 21.9. The van der Waals surface area contributed by atoms with Crippen LogP contribution in [0.4, 0.5) is 0 Å². The van der Waals surface area contributed by atoms with Crippen LogP contribution in [0, 0.1) is 11.3 Å². The fourth-order valence-electron chi connectivity index (χ4n) is 6.61. The predicted molar refractivity (Wildman–Crippen MR) is 132 cm³/mol. The number of aliphatic hydroxyl groups is 1. The molecule has 1 fully saturated rings. The summed E-state index contributed by atoms with van der Waals surface area (Å²) in [6.45, 7) is 5.38. The lowest BCUT2D eigenvalue weighted by molar-refractivity contribution is -0.0797. The maximum atomic E-state index is 12.2. The normalized spacial score (nSPS) is 28.3. The summed E-state index contributed by atoms with van der Waals surface area (Å²) in [7, 11) is 0. The van der Waals surface area contributed by atoms with E-state index >= 15 is 0 Å². The van der Waals surface area contributed by atoms with Crippen LogP contribution in [-0.4, -0.2) is 26.0 Å². The van der Waals surface area contributed by atoms with Gasteiger partial charge < -0.3 is 9.67 Å². The molecular formula is C28H30N2OS. The summed E-state index contributed by atoms with van der Waals surface area (Å²) in [5.41, 5.74) is 5.44. The molecule has 0 amide bonds. The summed E-state index contributed by atoms with van der Waals surface area (Å²) in [5, 5.41) is 12.2. The number of imidazole rings is 1. The monoisotopic (exact) mass is 442 g/mol. The molecule has 2 aromatic carbocycles. The Morgan fingerprint density at radius 3 is 2.75 bits per heavy atom. The first kappa shape index (κ1) is 20.3. The van der Waals surface area contributed by atoms with Crippen LogP contribution >= 0.6 is 11.8 Å². The first-order valence-corrected chi connectivity index (χ1v) is 12.7. The number of fused-ring (bicyclic) bond motifs is 3. The van der Waals surface area contributed by atoms with E-state index in [0.717, 1.165) is 37.3 Å². The van der Waals surface area contributed by atoms with Gasteiger partial charge in [0.15, 0.2) is 0 Å². The van der Waals surface area contributed by atoms with Crippen LogP contribution < -0.4 is 0 Å². The number of hydrogen-bond acceptors (Lipinski definition) is 3. The Morgan fingerprint density at radius 1 is 1.12 bits per heavy atom. The van der Waals surface area contributed by atoms with E-state index in [4.69, 9.17) is 4.98 Å². The molecule has 3 nitrogen and oxygen atoms in total. The van der Waals surface area contributed by atoms with Crippen molar-refractivity contribution in [3.63, 3.8) is 0 Å². The van der Waals surface area contributed by atoms with Crippen LogP contribution in [0.15, 0.2) is 71.4 Å². The van der Waals surface area contributed by atoms with Gasteiger partial charge >= 0.3 is 0 Å². The second-order valence-corrected chi connectivity index (χ2v) is 11.2. The van der Waals surface area contributed by atoms with Gasteiger partial charge in [-0.15, -0.1) is 11.8 Å². The Bertz CT molecular complexity index is 1200. The third-order valence-corrected chi connectivity index (χ3v) is 9.47. The number of rotatable bonds is 3. The minimum absolute atomic E-state index is 0.0639. The maximum absolute atomic E-state index is 12.2. The number of benzene rings is 2. The Kier molecular flexibility index (Phi) is 4.67. The molecule has 0 spiro atoms. The molecule has 1 N–H and O–H groups in total. The van der Waals surface area contributed by atoms with Gasteiger partial charge in [-0.05, 0) is 49.8 Å². The van der Waals surface area contributed by atoms with Crippen molar-refractivity contribution >= 4 is 17.8 Å². The number of allylic oxidation sites excluding steroid dienone is 1. The fourth-order valence-corrected chi connectivity index (χ4v) is 8.02. The molecule has 1 aliphatic carbocycles. The molecule has 4 heteroatoms. The maximum Gasteiger partial charge on any atom is 0.0958 e. The minimum atomic E-state index is -0.756. The highest BCUT2D eigenvalue weighted by Gasteiger charge is 2.54. The van der Waals surface area contributed by atoms with Crippen LogP contribution in [0.3, 0.4) is 0 Å². The second-order valence-electron chi connectivity index (χ2n) is 10.1. The molecule has 0 bridgehead atoms. The van der Waals surface area contributed by atoms with Crippen molar-refractivity contribution < 1.29 is 5.11 Å². The topological polar surface area (TPSA) is 38.0 Å². The van der Waals surface area contributed by atoms with Crippen molar-refractivity contribution in [3.8, 4) is 11.3 Å². The summed E-state index contributed by atoms with van der Waals surface area (Å²) in [4.78, 5) is 6.14. The quantitative estimate of drug-likeness (QED) is 0.510. The van der Waals surface area contributed by atoms with Crippen molar-refractivity contribution in [1.82, 2.24) is 9.55 Å². The van der Waals surface area contributed by atoms with Gasteiger partial charge in [0.2, 0.25) is 0 Å². The molecule has 0 radical (unpaired) electrons. The Morgan fingerprint density at radius 2 is 1.91 bits per heavy atom. The third kappa shape index (κ3) is 2.96. The van der Waals surface area contributed by atoms with Crippen LogP contribution in [-0.2, 0) is 6.54 Å². The van der Waals surface area contributed by atoms with Gasteiger partial charge in [0.1, 0.15) is 0 Å². The summed E-state index contributed by atoms with van der Waals surface area (Å²) in [6, 6.07) is 19.1. The van der Waals surface area contributed by atoms with E-state index in [9.17, 15) is 5.11 Å². The van der Waals surface area contributed by atoms with Crippen LogP contribution in [0.5, 0.6) is 0 Å². The average Bonchev–Trinajstić information content (AvgIpc) is 3.41. The Balaban J connectivity index is 1.39. The number of hydrogen-bond donors (Lipinski definition) is 1. The highest BCUT2D eigenvalue weighted by molar-refractivity contribution is 7.99. The van der Waals surface area contributed by atoms with Gasteiger partial charge in [0.25, 0.3) is 0 Å². The SMILES string of the molecule is CC12Cn3cnc(-c4ccccc4)c3C=C1CCCC2[C@](C)(O)C1CSc2ccccc21. The summed E-state index contributed by atoms with van der Waals surface area (Å²) in [5.74, 6) is 1.35. The number of nitrogens with zero attached hydrogens (tertiary/aromatic N) is 2. The summed E-state index contributed by atoms with van der Waals surface area (Å²) >= 11 is 1.89.